The molecule has 12 heteroatoms. The highest BCUT2D eigenvalue weighted by molar-refractivity contribution is 5.65. The molecule has 0 aliphatic rings. The van der Waals surface area contributed by atoms with Crippen LogP contribution < -0.4 is 5.73 Å². The Morgan fingerprint density at radius 2 is 1.71 bits per heavy atom. The molecule has 34 heavy (non-hydrogen) atoms. The molecule has 0 saturated carbocycles. The van der Waals surface area contributed by atoms with E-state index in [2.05, 4.69) is 25.1 Å². The highest BCUT2D eigenvalue weighted by atomic mass is 19.3. The molecule has 0 amide bonds. The topological polar surface area (TPSA) is 99.8 Å². The van der Waals surface area contributed by atoms with Gasteiger partial charge in [-0.2, -0.15) is 10.1 Å². The van der Waals surface area contributed by atoms with Crippen LogP contribution >= 0.6 is 0 Å². The van der Waals surface area contributed by atoms with Crippen molar-refractivity contribution in [1.82, 2.24) is 34.3 Å². The SMILES string of the molecule is CC(F)(F)C(c1ccc(F)cc1)n1cc(-c2cncc(-c3cn4nc(N)nc4cc3F)n2)cn1. The summed E-state index contributed by atoms with van der Waals surface area (Å²) in [6, 6.07) is 4.49. The van der Waals surface area contributed by atoms with Gasteiger partial charge in [-0.1, -0.05) is 12.1 Å². The minimum atomic E-state index is -3.20. The predicted octanol–water partition coefficient (Wildman–Crippen LogP) is 4.15. The number of nitrogens with zero attached hydrogens (tertiary/aromatic N) is 7. The van der Waals surface area contributed by atoms with Gasteiger partial charge in [-0.05, 0) is 17.7 Å². The minimum Gasteiger partial charge on any atom is -0.366 e. The van der Waals surface area contributed by atoms with Crippen LogP contribution in [0.5, 0.6) is 0 Å². The number of nitrogen functional groups attached to an aromatic ring is 1. The molecule has 8 nitrogen and oxygen atoms in total. The number of hydrogen-bond donors (Lipinski definition) is 1. The fourth-order valence-electron chi connectivity index (χ4n) is 3.68. The zero-order chi connectivity index (χ0) is 24.0. The van der Waals surface area contributed by atoms with E-state index < -0.39 is 23.6 Å². The molecule has 5 aromatic rings. The molecule has 0 fully saturated rings. The molecule has 0 radical (unpaired) electrons. The fourth-order valence-corrected chi connectivity index (χ4v) is 3.68. The van der Waals surface area contributed by atoms with Crippen molar-refractivity contribution in [2.75, 3.05) is 5.73 Å². The van der Waals surface area contributed by atoms with Gasteiger partial charge in [0.15, 0.2) is 5.65 Å². The zero-order valence-corrected chi connectivity index (χ0v) is 17.6. The number of anilines is 1. The summed E-state index contributed by atoms with van der Waals surface area (Å²) < 4.78 is 59.4. The Morgan fingerprint density at radius 1 is 0.971 bits per heavy atom. The van der Waals surface area contributed by atoms with E-state index in [0.717, 1.165) is 23.7 Å². The molecule has 2 N–H and O–H groups in total. The van der Waals surface area contributed by atoms with Crippen molar-refractivity contribution < 1.29 is 17.6 Å². The summed E-state index contributed by atoms with van der Waals surface area (Å²) in [5.41, 5.74) is 6.95. The van der Waals surface area contributed by atoms with E-state index in [0.29, 0.717) is 11.3 Å². The van der Waals surface area contributed by atoms with Crippen LogP contribution in [0.2, 0.25) is 0 Å². The van der Waals surface area contributed by atoms with Crippen LogP contribution in [0.3, 0.4) is 0 Å². The third-order valence-electron chi connectivity index (χ3n) is 5.18. The summed E-state index contributed by atoms with van der Waals surface area (Å²) in [5, 5.41) is 8.05. The number of nitrogens with two attached hydrogens (primary N) is 1. The van der Waals surface area contributed by atoms with Gasteiger partial charge in [0, 0.05) is 30.9 Å². The lowest BCUT2D eigenvalue weighted by atomic mass is 10.0. The van der Waals surface area contributed by atoms with Crippen LogP contribution in [-0.2, 0) is 0 Å². The summed E-state index contributed by atoms with van der Waals surface area (Å²) >= 11 is 0. The van der Waals surface area contributed by atoms with E-state index >= 15 is 0 Å². The molecule has 4 aromatic heterocycles. The molecule has 0 bridgehead atoms. The third kappa shape index (κ3) is 3.93. The molecule has 0 spiro atoms. The van der Waals surface area contributed by atoms with Gasteiger partial charge in [-0.25, -0.2) is 27.1 Å². The van der Waals surface area contributed by atoms with Crippen LogP contribution in [0.25, 0.3) is 28.2 Å². The third-order valence-corrected chi connectivity index (χ3v) is 5.18. The van der Waals surface area contributed by atoms with Gasteiger partial charge in [0.05, 0.1) is 35.5 Å². The van der Waals surface area contributed by atoms with Crippen molar-refractivity contribution in [3.05, 3.63) is 78.5 Å². The number of fused-ring (bicyclic) bond motifs is 1. The van der Waals surface area contributed by atoms with Crippen LogP contribution in [0.4, 0.5) is 23.5 Å². The average Bonchev–Trinajstić information content (AvgIpc) is 3.39. The standard InChI is InChI=1S/C22H16F4N8/c1-22(25,26)20(12-2-4-14(23)5-3-12)34-10-13(7-29-34)17-8-28-9-18(30-17)15-11-33-19(6-16(15)24)31-21(27)32-33/h2-11,20H,1H3,(H2,27,32). The first-order valence-electron chi connectivity index (χ1n) is 10.0. The van der Waals surface area contributed by atoms with Crippen molar-refractivity contribution in [1.29, 1.82) is 0 Å². The van der Waals surface area contributed by atoms with Crippen molar-refractivity contribution in [2.24, 2.45) is 0 Å². The number of halogens is 4. The van der Waals surface area contributed by atoms with E-state index in [1.807, 2.05) is 0 Å². The first kappa shape index (κ1) is 21.5. The molecule has 5 rings (SSSR count). The fraction of sp³-hybridized carbons (Fsp3) is 0.136. The average molecular weight is 468 g/mol. The number of hydrogen-bond acceptors (Lipinski definition) is 6. The lowest BCUT2D eigenvalue weighted by Gasteiger charge is -2.24. The largest absolute Gasteiger partial charge is 0.366 e. The van der Waals surface area contributed by atoms with Gasteiger partial charge in [0.2, 0.25) is 5.95 Å². The van der Waals surface area contributed by atoms with Gasteiger partial charge < -0.3 is 5.73 Å². The summed E-state index contributed by atoms with van der Waals surface area (Å²) in [6.45, 7) is 0.763. The number of benzene rings is 1. The summed E-state index contributed by atoms with van der Waals surface area (Å²) in [7, 11) is 0. The van der Waals surface area contributed by atoms with E-state index in [-0.39, 0.29) is 28.4 Å². The van der Waals surface area contributed by atoms with Gasteiger partial charge in [0.25, 0.3) is 5.92 Å². The highest BCUT2D eigenvalue weighted by Crippen LogP contribution is 2.35. The molecule has 1 aromatic carbocycles. The molecule has 1 unspecified atom stereocenters. The minimum absolute atomic E-state index is 0.00719. The summed E-state index contributed by atoms with van der Waals surface area (Å²) in [5.74, 6) is -4.35. The van der Waals surface area contributed by atoms with Crippen molar-refractivity contribution in [2.45, 2.75) is 18.9 Å². The highest BCUT2D eigenvalue weighted by Gasteiger charge is 2.37. The molecule has 0 aliphatic heterocycles. The second kappa shape index (κ2) is 7.90. The van der Waals surface area contributed by atoms with E-state index in [9.17, 15) is 17.6 Å². The zero-order valence-electron chi connectivity index (χ0n) is 17.6. The number of rotatable bonds is 5. The molecule has 172 valence electrons. The Kier molecular flexibility index (Phi) is 5.00. The van der Waals surface area contributed by atoms with Crippen molar-refractivity contribution >= 4 is 11.6 Å². The quantitative estimate of drug-likeness (QED) is 0.389. The second-order valence-electron chi connectivity index (χ2n) is 7.72. The van der Waals surface area contributed by atoms with Crippen LogP contribution in [0.1, 0.15) is 18.5 Å². The molecule has 1 atom stereocenters. The van der Waals surface area contributed by atoms with Crippen molar-refractivity contribution in [3.8, 4) is 22.5 Å². The first-order chi connectivity index (χ1) is 16.2. The Labute approximate surface area is 189 Å². The Bertz CT molecular complexity index is 1490. The molecule has 0 aliphatic carbocycles. The molecule has 0 saturated heterocycles. The maximum atomic E-state index is 14.7. The van der Waals surface area contributed by atoms with E-state index in [1.165, 1.54) is 53.7 Å². The number of alkyl halides is 2. The van der Waals surface area contributed by atoms with Gasteiger partial charge in [0.1, 0.15) is 17.7 Å². The summed E-state index contributed by atoms with van der Waals surface area (Å²) in [6.07, 6.45) is 6.89. The number of pyridine rings is 1. The van der Waals surface area contributed by atoms with Crippen molar-refractivity contribution in [3.63, 3.8) is 0 Å². The molecule has 4 heterocycles. The Hall–Kier alpha value is -4.35. The maximum Gasteiger partial charge on any atom is 0.271 e. The summed E-state index contributed by atoms with van der Waals surface area (Å²) in [4.78, 5) is 12.4. The van der Waals surface area contributed by atoms with Crippen LogP contribution in [0.15, 0.2) is 61.3 Å². The van der Waals surface area contributed by atoms with Gasteiger partial charge >= 0.3 is 0 Å². The molecular weight excluding hydrogens is 452 g/mol. The lowest BCUT2D eigenvalue weighted by molar-refractivity contribution is -0.0217. The predicted molar refractivity (Wildman–Crippen MR) is 115 cm³/mol. The van der Waals surface area contributed by atoms with E-state index in [4.69, 9.17) is 5.73 Å². The Balaban J connectivity index is 1.53. The monoisotopic (exact) mass is 468 g/mol. The Morgan fingerprint density at radius 3 is 2.44 bits per heavy atom. The lowest BCUT2D eigenvalue weighted by Crippen LogP contribution is -2.29. The molecular formula is C22H16F4N8. The van der Waals surface area contributed by atoms with Crippen LogP contribution in [0, 0.1) is 11.6 Å². The first-order valence-corrected chi connectivity index (χ1v) is 10.0. The van der Waals surface area contributed by atoms with Gasteiger partial charge in [-0.15, -0.1) is 5.10 Å². The normalized spacial score (nSPS) is 12.9. The van der Waals surface area contributed by atoms with Gasteiger partial charge in [-0.3, -0.25) is 9.67 Å². The van der Waals surface area contributed by atoms with E-state index in [1.54, 1.807) is 0 Å². The smallest absolute Gasteiger partial charge is 0.271 e. The number of aromatic nitrogens is 7. The second-order valence-corrected chi connectivity index (χ2v) is 7.72. The maximum absolute atomic E-state index is 14.7. The van der Waals surface area contributed by atoms with Crippen LogP contribution in [-0.4, -0.2) is 40.3 Å².